The molecule has 6 nitrogen and oxygen atoms in total. The van der Waals surface area contributed by atoms with Crippen LogP contribution in [0.2, 0.25) is 0 Å². The highest BCUT2D eigenvalue weighted by Gasteiger charge is 2.19. The van der Waals surface area contributed by atoms with Crippen molar-refractivity contribution in [2.24, 2.45) is 0 Å². The molecule has 0 aromatic heterocycles. The molecule has 0 aliphatic rings. The van der Waals surface area contributed by atoms with Gasteiger partial charge in [-0.3, -0.25) is 14.4 Å². The summed E-state index contributed by atoms with van der Waals surface area (Å²) in [5, 5.41) is 0. The van der Waals surface area contributed by atoms with Gasteiger partial charge in [-0.05, 0) is 154 Å². The van der Waals surface area contributed by atoms with E-state index in [4.69, 9.17) is 14.2 Å². The fraction of sp³-hybridized carbons (Fsp3) is 0.519. The first-order valence-electron chi connectivity index (χ1n) is 32.6. The Hall–Kier alpha value is -6.01. The number of rotatable bonds is 56. The lowest BCUT2D eigenvalue weighted by Gasteiger charge is -2.18. The Balaban J connectivity index is 4.61. The van der Waals surface area contributed by atoms with Gasteiger partial charge >= 0.3 is 17.9 Å². The molecule has 0 heterocycles. The summed E-state index contributed by atoms with van der Waals surface area (Å²) in [5.41, 5.74) is 0. The Morgan fingerprint density at radius 2 is 0.506 bits per heavy atom. The van der Waals surface area contributed by atoms with Crippen LogP contribution in [-0.2, 0) is 28.6 Å². The first-order valence-corrected chi connectivity index (χ1v) is 32.6. The predicted molar refractivity (Wildman–Crippen MR) is 361 cm³/mol. The molecule has 0 aliphatic carbocycles. The second-order valence-electron chi connectivity index (χ2n) is 20.5. The zero-order chi connectivity index (χ0) is 59.9. The second-order valence-corrected chi connectivity index (χ2v) is 20.5. The highest BCUT2D eigenvalue weighted by molar-refractivity contribution is 5.71. The number of allylic oxidation sites excluding steroid dienone is 34. The van der Waals surface area contributed by atoms with E-state index in [9.17, 15) is 14.4 Å². The normalized spacial score (nSPS) is 13.5. The topological polar surface area (TPSA) is 78.9 Å². The first-order chi connectivity index (χ1) is 41.0. The molecule has 0 spiro atoms. The van der Waals surface area contributed by atoms with Gasteiger partial charge in [0.1, 0.15) is 13.2 Å². The number of carbonyl (C=O) groups excluding carboxylic acids is 3. The van der Waals surface area contributed by atoms with Crippen LogP contribution in [0.5, 0.6) is 0 Å². The highest BCUT2D eigenvalue weighted by atomic mass is 16.6. The number of carbonyl (C=O) groups is 3. The van der Waals surface area contributed by atoms with Crippen molar-refractivity contribution < 1.29 is 28.6 Å². The second kappa shape index (κ2) is 68.5. The lowest BCUT2D eigenvalue weighted by molar-refractivity contribution is -0.166. The molecule has 0 aliphatic heterocycles. The van der Waals surface area contributed by atoms with Crippen LogP contribution >= 0.6 is 0 Å². The summed E-state index contributed by atoms with van der Waals surface area (Å²) < 4.78 is 16.8. The largest absolute Gasteiger partial charge is 0.462 e. The minimum atomic E-state index is -0.860. The van der Waals surface area contributed by atoms with Gasteiger partial charge in [0.25, 0.3) is 0 Å². The van der Waals surface area contributed by atoms with Crippen LogP contribution in [0.15, 0.2) is 207 Å². The van der Waals surface area contributed by atoms with Crippen molar-refractivity contribution in [3.63, 3.8) is 0 Å². The zero-order valence-corrected chi connectivity index (χ0v) is 52.6. The zero-order valence-electron chi connectivity index (χ0n) is 52.6. The molecule has 0 aromatic carbocycles. The first kappa shape index (κ1) is 77.0. The maximum atomic E-state index is 12.9. The maximum Gasteiger partial charge on any atom is 0.306 e. The van der Waals surface area contributed by atoms with Crippen LogP contribution in [0, 0.1) is 0 Å². The van der Waals surface area contributed by atoms with Crippen LogP contribution in [0.4, 0.5) is 0 Å². The van der Waals surface area contributed by atoms with E-state index < -0.39 is 12.1 Å². The van der Waals surface area contributed by atoms with Crippen molar-refractivity contribution in [3.05, 3.63) is 207 Å². The molecule has 0 aromatic rings. The summed E-state index contributed by atoms with van der Waals surface area (Å²) in [6, 6.07) is 0. The SMILES string of the molecule is CC/C=C\C/C=C\C/C=C\C/C=C\C/C=C\C/C=C\C/C=C\C/C=C\C/C=C\CCCC(=O)OCC(COC(=O)CCCCCCCCC/C=C\C/C=C\CCCCC)OC(=O)CC/C=C\C/C=C\C/C=C\C/C=C\C/C=C\C/C=C\CC. The predicted octanol–water partition coefficient (Wildman–Crippen LogP) is 22.8. The molecule has 0 N–H and O–H groups in total. The average molecular weight is 1140 g/mol. The summed E-state index contributed by atoms with van der Waals surface area (Å²) in [7, 11) is 0. The van der Waals surface area contributed by atoms with Gasteiger partial charge in [-0.15, -0.1) is 0 Å². The van der Waals surface area contributed by atoms with Crippen molar-refractivity contribution in [2.45, 2.75) is 245 Å². The third-order valence-electron chi connectivity index (χ3n) is 12.8. The standard InChI is InChI=1S/C77H116O6/c1-4-7-10-13-16-19-22-25-28-31-33-34-35-36-37-38-39-40-41-42-44-46-49-52-55-58-61-64-67-70-76(79)82-73-74(72-81-75(78)69-66-63-60-57-54-51-48-45-30-27-24-21-18-15-12-9-6-3)83-77(80)71-68-65-62-59-56-53-50-47-43-32-29-26-23-20-17-14-11-8-5-2/h7-8,10-11,16-21,25-30,33-34,36-37,39-40,42-44,47,49,52-53,56,58,61-62,65,74H,4-6,9,12-15,22-24,31-32,35,38,41,45-46,48,50-51,54-55,57,59-60,63-64,66-73H2,1-3H3/b10-7-,11-8-,19-16-,20-17-,21-18-,28-25-,29-26-,30-27-,34-33-,37-36-,40-39-,44-42-,47-43-,52-49-,56-53-,61-58-,65-62-. The van der Waals surface area contributed by atoms with Crippen LogP contribution in [0.25, 0.3) is 0 Å². The van der Waals surface area contributed by atoms with Crippen molar-refractivity contribution in [1.82, 2.24) is 0 Å². The van der Waals surface area contributed by atoms with Crippen molar-refractivity contribution in [2.75, 3.05) is 13.2 Å². The van der Waals surface area contributed by atoms with Gasteiger partial charge in [0.2, 0.25) is 0 Å². The summed E-state index contributed by atoms with van der Waals surface area (Å²) in [5.74, 6) is -1.11. The molecule has 0 amide bonds. The summed E-state index contributed by atoms with van der Waals surface area (Å²) >= 11 is 0. The number of esters is 3. The fourth-order valence-electron chi connectivity index (χ4n) is 7.97. The van der Waals surface area contributed by atoms with E-state index in [2.05, 4.69) is 215 Å². The number of hydrogen-bond acceptors (Lipinski definition) is 6. The third kappa shape index (κ3) is 66.7. The molecular formula is C77H116O6. The van der Waals surface area contributed by atoms with Gasteiger partial charge < -0.3 is 14.2 Å². The molecule has 1 atom stereocenters. The quantitative estimate of drug-likeness (QED) is 0.0261. The fourth-order valence-corrected chi connectivity index (χ4v) is 7.97. The van der Waals surface area contributed by atoms with E-state index in [0.29, 0.717) is 19.3 Å². The van der Waals surface area contributed by atoms with E-state index in [0.717, 1.165) is 135 Å². The molecule has 83 heavy (non-hydrogen) atoms. The Kier molecular flexibility index (Phi) is 63.5. The van der Waals surface area contributed by atoms with Crippen LogP contribution < -0.4 is 0 Å². The van der Waals surface area contributed by atoms with Gasteiger partial charge in [0.05, 0.1) is 0 Å². The molecular weight excluding hydrogens is 1020 g/mol. The minimum Gasteiger partial charge on any atom is -0.462 e. The molecule has 1 unspecified atom stereocenters. The maximum absolute atomic E-state index is 12.9. The van der Waals surface area contributed by atoms with Gasteiger partial charge in [-0.25, -0.2) is 0 Å². The lowest BCUT2D eigenvalue weighted by atomic mass is 10.1. The molecule has 0 fully saturated rings. The molecule has 0 radical (unpaired) electrons. The molecule has 0 rings (SSSR count). The van der Waals surface area contributed by atoms with Crippen molar-refractivity contribution >= 4 is 17.9 Å². The van der Waals surface area contributed by atoms with Crippen LogP contribution in [0.1, 0.15) is 239 Å². The molecule has 6 heteroatoms. The van der Waals surface area contributed by atoms with Crippen LogP contribution in [0.3, 0.4) is 0 Å². The number of hydrogen-bond donors (Lipinski definition) is 0. The lowest BCUT2D eigenvalue weighted by Crippen LogP contribution is -2.30. The molecule has 0 bridgehead atoms. The smallest absolute Gasteiger partial charge is 0.306 e. The number of ether oxygens (including phenoxy) is 3. The van der Waals surface area contributed by atoms with E-state index in [1.54, 1.807) is 0 Å². The summed E-state index contributed by atoms with van der Waals surface area (Å²) in [4.78, 5) is 38.3. The Bertz CT molecular complexity index is 2030. The summed E-state index contributed by atoms with van der Waals surface area (Å²) in [6.07, 6.45) is 106. The Labute approximate surface area is 509 Å². The van der Waals surface area contributed by atoms with Crippen molar-refractivity contribution in [1.29, 1.82) is 0 Å². The van der Waals surface area contributed by atoms with Gasteiger partial charge in [-0.1, -0.05) is 272 Å². The Morgan fingerprint density at radius 1 is 0.253 bits per heavy atom. The highest BCUT2D eigenvalue weighted by Crippen LogP contribution is 2.12. The van der Waals surface area contributed by atoms with E-state index in [1.165, 1.54) is 51.4 Å². The number of unbranched alkanes of at least 4 members (excludes halogenated alkanes) is 11. The van der Waals surface area contributed by atoms with Crippen molar-refractivity contribution in [3.8, 4) is 0 Å². The molecule has 0 saturated carbocycles. The molecule has 0 saturated heterocycles. The molecule has 460 valence electrons. The minimum absolute atomic E-state index is 0.142. The summed E-state index contributed by atoms with van der Waals surface area (Å²) in [6.45, 7) is 6.25. The van der Waals surface area contributed by atoms with Gasteiger partial charge in [0, 0.05) is 19.3 Å². The van der Waals surface area contributed by atoms with E-state index in [1.807, 2.05) is 12.2 Å². The average Bonchev–Trinajstić information content (AvgIpc) is 3.49. The van der Waals surface area contributed by atoms with Crippen LogP contribution in [-0.4, -0.2) is 37.2 Å². The Morgan fingerprint density at radius 3 is 0.831 bits per heavy atom. The van der Waals surface area contributed by atoms with Gasteiger partial charge in [-0.2, -0.15) is 0 Å². The van der Waals surface area contributed by atoms with E-state index in [-0.39, 0.29) is 38.0 Å². The third-order valence-corrected chi connectivity index (χ3v) is 12.8. The van der Waals surface area contributed by atoms with Gasteiger partial charge in [0.15, 0.2) is 6.10 Å². The van der Waals surface area contributed by atoms with E-state index >= 15 is 0 Å². The monoisotopic (exact) mass is 1140 g/mol.